The Morgan fingerprint density at radius 2 is 2.10 bits per heavy atom. The van der Waals surface area contributed by atoms with Crippen molar-refractivity contribution in [3.05, 3.63) is 46.2 Å². The first kappa shape index (κ1) is 13.4. The smallest absolute Gasteiger partial charge is 0.231 e. The molecule has 0 fully saturated rings. The molecule has 3 rings (SSSR count). The molecule has 0 bridgehead atoms. The van der Waals surface area contributed by atoms with Gasteiger partial charge < -0.3 is 19.9 Å². The summed E-state index contributed by atoms with van der Waals surface area (Å²) in [6.07, 6.45) is -0.564. The Morgan fingerprint density at radius 3 is 2.90 bits per heavy atom. The van der Waals surface area contributed by atoms with E-state index in [-0.39, 0.29) is 12.8 Å². The monoisotopic (exact) mass is 291 g/mol. The SMILES string of the molecule is CC(NCC(O)c1ccc2c(c1)OCO2)c1ccsc1. The van der Waals surface area contributed by atoms with Gasteiger partial charge in [-0.05, 0) is 47.0 Å². The zero-order valence-electron chi connectivity index (χ0n) is 11.2. The van der Waals surface area contributed by atoms with Gasteiger partial charge in [0.05, 0.1) is 6.10 Å². The predicted octanol–water partition coefficient (Wildman–Crippen LogP) is 2.86. The lowest BCUT2D eigenvalue weighted by atomic mass is 10.1. The summed E-state index contributed by atoms with van der Waals surface area (Å²) in [5.41, 5.74) is 2.08. The zero-order chi connectivity index (χ0) is 13.9. The molecule has 0 saturated heterocycles. The molecule has 1 aromatic carbocycles. The molecule has 0 radical (unpaired) electrons. The average molecular weight is 291 g/mol. The molecule has 106 valence electrons. The lowest BCUT2D eigenvalue weighted by molar-refractivity contribution is 0.168. The van der Waals surface area contributed by atoms with Crippen molar-refractivity contribution in [3.63, 3.8) is 0 Å². The van der Waals surface area contributed by atoms with Crippen LogP contribution in [0.15, 0.2) is 35.0 Å². The van der Waals surface area contributed by atoms with Gasteiger partial charge in [0, 0.05) is 12.6 Å². The lowest BCUT2D eigenvalue weighted by Gasteiger charge is -2.17. The van der Waals surface area contributed by atoms with E-state index >= 15 is 0 Å². The largest absolute Gasteiger partial charge is 0.454 e. The highest BCUT2D eigenvalue weighted by atomic mass is 32.1. The fraction of sp³-hybridized carbons (Fsp3) is 0.333. The van der Waals surface area contributed by atoms with Gasteiger partial charge >= 0.3 is 0 Å². The standard InChI is InChI=1S/C15H17NO3S/c1-10(12-4-5-20-8-12)16-7-13(17)11-2-3-14-15(6-11)19-9-18-14/h2-6,8,10,13,16-17H,7,9H2,1H3. The molecule has 2 atom stereocenters. The number of aliphatic hydroxyl groups is 1. The maximum absolute atomic E-state index is 10.2. The van der Waals surface area contributed by atoms with Crippen molar-refractivity contribution in [1.82, 2.24) is 5.32 Å². The maximum atomic E-state index is 10.2. The lowest BCUT2D eigenvalue weighted by Crippen LogP contribution is -2.24. The highest BCUT2D eigenvalue weighted by Gasteiger charge is 2.17. The van der Waals surface area contributed by atoms with Gasteiger partial charge in [-0.3, -0.25) is 0 Å². The summed E-state index contributed by atoms with van der Waals surface area (Å²) in [7, 11) is 0. The second-order valence-electron chi connectivity index (χ2n) is 4.82. The topological polar surface area (TPSA) is 50.7 Å². The Kier molecular flexibility index (Phi) is 3.91. The van der Waals surface area contributed by atoms with Gasteiger partial charge in [0.25, 0.3) is 0 Å². The van der Waals surface area contributed by atoms with Crippen molar-refractivity contribution in [2.45, 2.75) is 19.1 Å². The van der Waals surface area contributed by atoms with E-state index in [4.69, 9.17) is 9.47 Å². The minimum atomic E-state index is -0.564. The van der Waals surface area contributed by atoms with Crippen molar-refractivity contribution in [3.8, 4) is 11.5 Å². The molecule has 2 N–H and O–H groups in total. The molecule has 4 nitrogen and oxygen atoms in total. The van der Waals surface area contributed by atoms with E-state index in [1.165, 1.54) is 5.56 Å². The van der Waals surface area contributed by atoms with Crippen LogP contribution in [0.3, 0.4) is 0 Å². The molecule has 0 saturated carbocycles. The highest BCUT2D eigenvalue weighted by Crippen LogP contribution is 2.34. The molecule has 1 aromatic heterocycles. The number of benzene rings is 1. The van der Waals surface area contributed by atoms with Crippen LogP contribution >= 0.6 is 11.3 Å². The average Bonchev–Trinajstić information content (AvgIpc) is 3.13. The molecule has 1 aliphatic rings. The second-order valence-corrected chi connectivity index (χ2v) is 5.60. The van der Waals surface area contributed by atoms with E-state index in [9.17, 15) is 5.11 Å². The van der Waals surface area contributed by atoms with Gasteiger partial charge in [0.2, 0.25) is 6.79 Å². The first-order chi connectivity index (χ1) is 9.74. The summed E-state index contributed by atoms with van der Waals surface area (Å²) in [5.74, 6) is 1.44. The summed E-state index contributed by atoms with van der Waals surface area (Å²) >= 11 is 1.68. The zero-order valence-corrected chi connectivity index (χ0v) is 12.0. The van der Waals surface area contributed by atoms with Gasteiger partial charge in [-0.25, -0.2) is 0 Å². The van der Waals surface area contributed by atoms with E-state index in [0.717, 1.165) is 11.3 Å². The van der Waals surface area contributed by atoms with Crippen LogP contribution in [0.2, 0.25) is 0 Å². The summed E-state index contributed by atoms with van der Waals surface area (Å²) in [5, 5.41) is 17.8. The Hall–Kier alpha value is -1.56. The van der Waals surface area contributed by atoms with Crippen LogP contribution in [0, 0.1) is 0 Å². The Labute approximate surface area is 122 Å². The molecule has 5 heteroatoms. The van der Waals surface area contributed by atoms with E-state index < -0.39 is 6.10 Å². The van der Waals surface area contributed by atoms with Crippen LogP contribution in [-0.2, 0) is 0 Å². The summed E-state index contributed by atoms with van der Waals surface area (Å²) in [4.78, 5) is 0. The molecule has 0 amide bonds. The number of rotatable bonds is 5. The minimum Gasteiger partial charge on any atom is -0.454 e. The van der Waals surface area contributed by atoms with E-state index in [1.54, 1.807) is 11.3 Å². The second kappa shape index (κ2) is 5.83. The number of hydrogen-bond acceptors (Lipinski definition) is 5. The van der Waals surface area contributed by atoms with Crippen molar-refractivity contribution in [2.75, 3.05) is 13.3 Å². The van der Waals surface area contributed by atoms with Gasteiger partial charge in [0.1, 0.15) is 0 Å². The van der Waals surface area contributed by atoms with Crippen molar-refractivity contribution < 1.29 is 14.6 Å². The molecule has 2 unspecified atom stereocenters. The molecular weight excluding hydrogens is 274 g/mol. The van der Waals surface area contributed by atoms with Crippen LogP contribution in [0.4, 0.5) is 0 Å². The fourth-order valence-corrected chi connectivity index (χ4v) is 2.92. The van der Waals surface area contributed by atoms with Crippen LogP contribution < -0.4 is 14.8 Å². The van der Waals surface area contributed by atoms with E-state index in [1.807, 2.05) is 18.2 Å². The normalized spacial score (nSPS) is 16.1. The third-order valence-electron chi connectivity index (χ3n) is 3.44. The molecule has 0 spiro atoms. The Bertz CT molecular complexity index is 571. The van der Waals surface area contributed by atoms with Gasteiger partial charge in [0.15, 0.2) is 11.5 Å². The Morgan fingerprint density at radius 1 is 1.25 bits per heavy atom. The number of ether oxygens (including phenoxy) is 2. The highest BCUT2D eigenvalue weighted by molar-refractivity contribution is 7.07. The third kappa shape index (κ3) is 2.80. The Balaban J connectivity index is 1.60. The minimum absolute atomic E-state index is 0.227. The number of fused-ring (bicyclic) bond motifs is 1. The van der Waals surface area contributed by atoms with Crippen LogP contribution in [0.5, 0.6) is 11.5 Å². The summed E-state index contributed by atoms with van der Waals surface area (Å²) in [6.45, 7) is 2.84. The van der Waals surface area contributed by atoms with E-state index in [0.29, 0.717) is 12.3 Å². The quantitative estimate of drug-likeness (QED) is 0.889. The number of hydrogen-bond donors (Lipinski definition) is 2. The molecule has 2 heterocycles. The fourth-order valence-electron chi connectivity index (χ4n) is 2.17. The van der Waals surface area contributed by atoms with Gasteiger partial charge in [-0.15, -0.1) is 0 Å². The maximum Gasteiger partial charge on any atom is 0.231 e. The number of thiophene rings is 1. The van der Waals surface area contributed by atoms with Crippen molar-refractivity contribution >= 4 is 11.3 Å². The third-order valence-corrected chi connectivity index (χ3v) is 4.14. The number of aliphatic hydroxyl groups excluding tert-OH is 1. The summed E-state index contributed by atoms with van der Waals surface area (Å²) in [6, 6.07) is 7.86. The predicted molar refractivity (Wildman–Crippen MR) is 78.3 cm³/mol. The van der Waals surface area contributed by atoms with Crippen LogP contribution in [-0.4, -0.2) is 18.4 Å². The van der Waals surface area contributed by atoms with E-state index in [2.05, 4.69) is 29.1 Å². The summed E-state index contributed by atoms with van der Waals surface area (Å²) < 4.78 is 10.6. The molecule has 2 aromatic rings. The van der Waals surface area contributed by atoms with Crippen molar-refractivity contribution in [1.29, 1.82) is 0 Å². The van der Waals surface area contributed by atoms with Crippen LogP contribution in [0.25, 0.3) is 0 Å². The van der Waals surface area contributed by atoms with Crippen LogP contribution in [0.1, 0.15) is 30.2 Å². The first-order valence-corrected chi connectivity index (χ1v) is 7.51. The molecule has 1 aliphatic heterocycles. The van der Waals surface area contributed by atoms with Gasteiger partial charge in [-0.2, -0.15) is 11.3 Å². The first-order valence-electron chi connectivity index (χ1n) is 6.57. The van der Waals surface area contributed by atoms with Crippen molar-refractivity contribution in [2.24, 2.45) is 0 Å². The molecule has 20 heavy (non-hydrogen) atoms. The van der Waals surface area contributed by atoms with Gasteiger partial charge in [-0.1, -0.05) is 6.07 Å². The number of nitrogens with one attached hydrogen (secondary N) is 1. The molecular formula is C15H17NO3S. The molecule has 0 aliphatic carbocycles.